The minimum atomic E-state index is 0.390. The summed E-state index contributed by atoms with van der Waals surface area (Å²) >= 11 is 0. The van der Waals surface area contributed by atoms with Gasteiger partial charge in [0.05, 0.1) is 14.2 Å². The van der Waals surface area contributed by atoms with Crippen molar-refractivity contribution in [2.45, 2.75) is 0 Å². The molecule has 31 heavy (non-hydrogen) atoms. The Bertz CT molecular complexity index is 1150. The highest BCUT2D eigenvalue weighted by Crippen LogP contribution is 2.31. The van der Waals surface area contributed by atoms with E-state index in [9.17, 15) is 0 Å². The maximum absolute atomic E-state index is 5.87. The highest BCUT2D eigenvalue weighted by molar-refractivity contribution is 5.61. The number of benzene rings is 3. The average Bonchev–Trinajstić information content (AvgIpc) is 2.80. The Balaban J connectivity index is 1.47. The minimum absolute atomic E-state index is 0.390. The topological polar surface area (TPSA) is 90.4 Å². The normalized spacial score (nSPS) is 10.3. The molecule has 4 rings (SSSR count). The van der Waals surface area contributed by atoms with Gasteiger partial charge >= 0.3 is 0 Å². The first-order valence-electron chi connectivity index (χ1n) is 9.51. The van der Waals surface area contributed by atoms with Crippen LogP contribution in [0.25, 0.3) is 0 Å². The first-order valence-corrected chi connectivity index (χ1v) is 9.51. The van der Waals surface area contributed by atoms with Crippen molar-refractivity contribution in [1.82, 2.24) is 15.0 Å². The van der Waals surface area contributed by atoms with Crippen LogP contribution < -0.4 is 24.8 Å². The summed E-state index contributed by atoms with van der Waals surface area (Å²) in [5.74, 6) is 3.50. The summed E-state index contributed by atoms with van der Waals surface area (Å²) in [6.45, 7) is 0. The third-order valence-corrected chi connectivity index (χ3v) is 4.28. The molecule has 0 aliphatic carbocycles. The zero-order valence-electron chi connectivity index (χ0n) is 17.1. The molecule has 0 radical (unpaired) electrons. The van der Waals surface area contributed by atoms with Crippen LogP contribution in [0.1, 0.15) is 0 Å². The van der Waals surface area contributed by atoms with Crippen molar-refractivity contribution in [2.24, 2.45) is 0 Å². The summed E-state index contributed by atoms with van der Waals surface area (Å²) in [6, 6.07) is 22.6. The third kappa shape index (κ3) is 5.18. The fourth-order valence-electron chi connectivity index (χ4n) is 2.85. The summed E-state index contributed by atoms with van der Waals surface area (Å²) < 4.78 is 16.5. The van der Waals surface area contributed by atoms with Crippen molar-refractivity contribution < 1.29 is 14.2 Å². The van der Waals surface area contributed by atoms with Gasteiger partial charge in [-0.1, -0.05) is 24.3 Å². The number of para-hydroxylation sites is 1. The van der Waals surface area contributed by atoms with Crippen molar-refractivity contribution in [3.8, 4) is 23.0 Å². The molecule has 0 spiro atoms. The maximum Gasteiger partial charge on any atom is 0.232 e. The van der Waals surface area contributed by atoms with Crippen LogP contribution in [-0.2, 0) is 0 Å². The summed E-state index contributed by atoms with van der Waals surface area (Å²) in [7, 11) is 3.18. The monoisotopic (exact) mass is 415 g/mol. The van der Waals surface area contributed by atoms with Crippen LogP contribution in [0.15, 0.2) is 79.1 Å². The van der Waals surface area contributed by atoms with Crippen LogP contribution in [-0.4, -0.2) is 29.2 Å². The Morgan fingerprint density at radius 1 is 0.645 bits per heavy atom. The predicted octanol–water partition coefficient (Wildman–Crippen LogP) is 5.17. The highest BCUT2D eigenvalue weighted by Gasteiger charge is 2.07. The van der Waals surface area contributed by atoms with Gasteiger partial charge in [0.15, 0.2) is 11.5 Å². The molecule has 0 atom stereocenters. The van der Waals surface area contributed by atoms with Crippen molar-refractivity contribution in [1.29, 1.82) is 0 Å². The van der Waals surface area contributed by atoms with Crippen LogP contribution >= 0.6 is 0 Å². The Morgan fingerprint density at radius 2 is 1.32 bits per heavy atom. The summed E-state index contributed by atoms with van der Waals surface area (Å²) in [5.41, 5.74) is 1.55. The van der Waals surface area contributed by atoms with Gasteiger partial charge in [0.25, 0.3) is 0 Å². The lowest BCUT2D eigenvalue weighted by Gasteiger charge is -2.11. The van der Waals surface area contributed by atoms with Crippen molar-refractivity contribution in [3.63, 3.8) is 0 Å². The van der Waals surface area contributed by atoms with Crippen molar-refractivity contribution >= 4 is 23.3 Å². The number of hydrogen-bond donors (Lipinski definition) is 2. The van der Waals surface area contributed by atoms with E-state index < -0.39 is 0 Å². The van der Waals surface area contributed by atoms with E-state index in [2.05, 4.69) is 25.6 Å². The first kappa shape index (κ1) is 20.0. The van der Waals surface area contributed by atoms with Crippen molar-refractivity contribution in [3.05, 3.63) is 79.1 Å². The maximum atomic E-state index is 5.87. The van der Waals surface area contributed by atoms with Gasteiger partial charge in [-0.15, -0.1) is 0 Å². The van der Waals surface area contributed by atoms with E-state index in [1.807, 2.05) is 60.7 Å². The van der Waals surface area contributed by atoms with Gasteiger partial charge in [-0.2, -0.15) is 4.98 Å². The van der Waals surface area contributed by atoms with E-state index in [0.717, 1.165) is 17.1 Å². The molecule has 0 saturated heterocycles. The SMILES string of the molecule is COc1ccc(Nc2ncnc(Nc3cccc(Oc4ccccc4)c3)n2)cc1OC. The standard InChI is InChI=1S/C23H21N5O3/c1-29-20-12-11-17(14-21(20)30-2)27-23-25-15-24-22(28-23)26-16-7-6-10-19(13-16)31-18-8-4-3-5-9-18/h3-15H,1-2H3,(H2,24,25,26,27,28). The van der Waals surface area contributed by atoms with E-state index >= 15 is 0 Å². The lowest BCUT2D eigenvalue weighted by atomic mass is 10.3. The summed E-state index contributed by atoms with van der Waals surface area (Å²) in [4.78, 5) is 12.8. The molecule has 8 heteroatoms. The molecule has 8 nitrogen and oxygen atoms in total. The molecule has 1 heterocycles. The molecule has 0 bridgehead atoms. The Labute approximate surface area is 179 Å². The Hall–Kier alpha value is -4.33. The van der Waals surface area contributed by atoms with Gasteiger partial charge in [0, 0.05) is 23.5 Å². The number of nitrogens with one attached hydrogen (secondary N) is 2. The van der Waals surface area contributed by atoms with Gasteiger partial charge in [-0.25, -0.2) is 9.97 Å². The van der Waals surface area contributed by atoms with Crippen LogP contribution in [0.5, 0.6) is 23.0 Å². The van der Waals surface area contributed by atoms with Crippen molar-refractivity contribution in [2.75, 3.05) is 24.9 Å². The third-order valence-electron chi connectivity index (χ3n) is 4.28. The van der Waals surface area contributed by atoms with Gasteiger partial charge in [-0.3, -0.25) is 0 Å². The molecule has 0 unspecified atom stereocenters. The molecule has 0 fully saturated rings. The van der Waals surface area contributed by atoms with Crippen LogP contribution in [0, 0.1) is 0 Å². The van der Waals surface area contributed by atoms with E-state index in [1.54, 1.807) is 26.4 Å². The van der Waals surface area contributed by atoms with Crippen LogP contribution in [0.3, 0.4) is 0 Å². The number of nitrogens with zero attached hydrogens (tertiary/aromatic N) is 3. The molecular formula is C23H21N5O3. The average molecular weight is 415 g/mol. The molecule has 2 N–H and O–H groups in total. The molecule has 4 aromatic rings. The first-order chi connectivity index (χ1) is 15.2. The van der Waals surface area contributed by atoms with E-state index in [1.165, 1.54) is 6.33 Å². The molecule has 0 aliphatic heterocycles. The zero-order valence-corrected chi connectivity index (χ0v) is 17.1. The minimum Gasteiger partial charge on any atom is -0.493 e. The second kappa shape index (κ2) is 9.45. The number of anilines is 4. The molecule has 156 valence electrons. The molecular weight excluding hydrogens is 394 g/mol. The fourth-order valence-corrected chi connectivity index (χ4v) is 2.85. The van der Waals surface area contributed by atoms with Crippen LogP contribution in [0.2, 0.25) is 0 Å². The summed E-state index contributed by atoms with van der Waals surface area (Å²) in [5, 5.41) is 6.31. The number of hydrogen-bond acceptors (Lipinski definition) is 8. The molecule has 0 aliphatic rings. The zero-order chi connectivity index (χ0) is 21.5. The lowest BCUT2D eigenvalue weighted by molar-refractivity contribution is 0.355. The number of rotatable bonds is 8. The van der Waals surface area contributed by atoms with Crippen LogP contribution in [0.4, 0.5) is 23.3 Å². The number of methoxy groups -OCH3 is 2. The Kier molecular flexibility index (Phi) is 6.08. The highest BCUT2D eigenvalue weighted by atomic mass is 16.5. The molecule has 1 aromatic heterocycles. The number of ether oxygens (including phenoxy) is 3. The quantitative estimate of drug-likeness (QED) is 0.407. The predicted molar refractivity (Wildman–Crippen MR) is 119 cm³/mol. The second-order valence-corrected chi connectivity index (χ2v) is 6.40. The smallest absolute Gasteiger partial charge is 0.232 e. The van der Waals surface area contributed by atoms with E-state index in [-0.39, 0.29) is 0 Å². The largest absolute Gasteiger partial charge is 0.493 e. The number of aromatic nitrogens is 3. The second-order valence-electron chi connectivity index (χ2n) is 6.40. The van der Waals surface area contributed by atoms with E-state index in [4.69, 9.17) is 14.2 Å². The van der Waals surface area contributed by atoms with E-state index in [0.29, 0.717) is 29.1 Å². The van der Waals surface area contributed by atoms with Gasteiger partial charge in [-0.05, 0) is 36.4 Å². The lowest BCUT2D eigenvalue weighted by Crippen LogP contribution is -2.03. The van der Waals surface area contributed by atoms with Gasteiger partial charge in [0.1, 0.15) is 17.8 Å². The Morgan fingerprint density at radius 3 is 2.03 bits per heavy atom. The molecule has 0 saturated carbocycles. The van der Waals surface area contributed by atoms with Gasteiger partial charge < -0.3 is 24.8 Å². The molecule has 3 aromatic carbocycles. The fraction of sp³-hybridized carbons (Fsp3) is 0.0870. The molecule has 0 amide bonds. The summed E-state index contributed by atoms with van der Waals surface area (Å²) in [6.07, 6.45) is 1.43. The van der Waals surface area contributed by atoms with Gasteiger partial charge in [0.2, 0.25) is 11.9 Å².